The van der Waals surface area contributed by atoms with Crippen LogP contribution in [-0.2, 0) is 6.42 Å². The highest BCUT2D eigenvalue weighted by atomic mass is 19.1. The van der Waals surface area contributed by atoms with Gasteiger partial charge in [0.25, 0.3) is 0 Å². The zero-order valence-corrected chi connectivity index (χ0v) is 12.6. The molecule has 2 aromatic carbocycles. The normalized spacial score (nSPS) is 18.2. The van der Waals surface area contributed by atoms with E-state index in [0.717, 1.165) is 28.9 Å². The molecule has 0 saturated heterocycles. The molecule has 2 nitrogen and oxygen atoms in total. The number of nitrogens with one attached hydrogen (secondary N) is 1. The number of rotatable bonds is 3. The van der Waals surface area contributed by atoms with E-state index in [1.165, 1.54) is 11.6 Å². The Labute approximate surface area is 125 Å². The van der Waals surface area contributed by atoms with E-state index in [4.69, 9.17) is 4.74 Å². The van der Waals surface area contributed by atoms with Crippen LogP contribution in [0.2, 0.25) is 0 Å². The Morgan fingerprint density at radius 1 is 1.24 bits per heavy atom. The lowest BCUT2D eigenvalue weighted by Crippen LogP contribution is -2.19. The molecule has 0 aromatic heterocycles. The molecular weight excluding hydrogens is 265 g/mol. The van der Waals surface area contributed by atoms with Gasteiger partial charge in [-0.3, -0.25) is 0 Å². The van der Waals surface area contributed by atoms with Crippen LogP contribution in [0.3, 0.4) is 0 Å². The molecule has 0 bridgehead atoms. The minimum Gasteiger partial charge on any atom is -0.490 e. The molecule has 1 N–H and O–H groups in total. The maximum Gasteiger partial charge on any atom is 0.123 e. The summed E-state index contributed by atoms with van der Waals surface area (Å²) in [7, 11) is 1.90. The summed E-state index contributed by atoms with van der Waals surface area (Å²) in [5.41, 5.74) is 4.43. The van der Waals surface area contributed by atoms with Crippen LogP contribution < -0.4 is 10.1 Å². The van der Waals surface area contributed by atoms with E-state index in [1.807, 2.05) is 26.1 Å². The monoisotopic (exact) mass is 285 g/mol. The fourth-order valence-corrected chi connectivity index (χ4v) is 3.05. The van der Waals surface area contributed by atoms with Crippen molar-refractivity contribution in [3.8, 4) is 5.75 Å². The molecule has 1 aliphatic rings. The van der Waals surface area contributed by atoms with Crippen molar-refractivity contribution in [2.45, 2.75) is 32.4 Å². The van der Waals surface area contributed by atoms with Crippen LogP contribution in [-0.4, -0.2) is 13.2 Å². The molecule has 2 atom stereocenters. The zero-order chi connectivity index (χ0) is 15.0. The predicted octanol–water partition coefficient (Wildman–Crippen LogP) is 3.77. The number of fused-ring (bicyclic) bond motifs is 1. The van der Waals surface area contributed by atoms with Gasteiger partial charge in [-0.05, 0) is 61.3 Å². The zero-order valence-electron chi connectivity index (χ0n) is 12.6. The fourth-order valence-electron chi connectivity index (χ4n) is 3.05. The highest BCUT2D eigenvalue weighted by Crippen LogP contribution is 2.33. The number of halogens is 1. The van der Waals surface area contributed by atoms with Crippen LogP contribution in [0.4, 0.5) is 4.39 Å². The van der Waals surface area contributed by atoms with Gasteiger partial charge in [0.1, 0.15) is 17.7 Å². The first-order valence-electron chi connectivity index (χ1n) is 7.31. The van der Waals surface area contributed by atoms with Gasteiger partial charge >= 0.3 is 0 Å². The SMILES string of the molecule is CNC(c1ccc2c(c1)CC(C)O2)c1cc(F)ccc1C. The first-order valence-corrected chi connectivity index (χ1v) is 7.31. The van der Waals surface area contributed by atoms with Gasteiger partial charge < -0.3 is 10.1 Å². The lowest BCUT2D eigenvalue weighted by Gasteiger charge is -2.20. The Morgan fingerprint density at radius 3 is 2.81 bits per heavy atom. The van der Waals surface area contributed by atoms with Crippen molar-refractivity contribution in [2.24, 2.45) is 0 Å². The summed E-state index contributed by atoms with van der Waals surface area (Å²) in [6.07, 6.45) is 1.17. The van der Waals surface area contributed by atoms with Gasteiger partial charge in [-0.25, -0.2) is 4.39 Å². The van der Waals surface area contributed by atoms with Gasteiger partial charge in [-0.15, -0.1) is 0 Å². The summed E-state index contributed by atoms with van der Waals surface area (Å²) in [5, 5.41) is 3.30. The average Bonchev–Trinajstić information content (AvgIpc) is 2.83. The van der Waals surface area contributed by atoms with E-state index in [0.29, 0.717) is 0 Å². The standard InChI is InChI=1S/C18H20FNO/c1-11-4-6-15(19)10-16(11)18(20-3)13-5-7-17-14(9-13)8-12(2)21-17/h4-7,9-10,12,18,20H,8H2,1-3H3. The molecule has 3 rings (SSSR count). The average molecular weight is 285 g/mol. The van der Waals surface area contributed by atoms with Gasteiger partial charge in [-0.1, -0.05) is 18.2 Å². The molecule has 2 unspecified atom stereocenters. The third-order valence-corrected chi connectivity index (χ3v) is 4.09. The summed E-state index contributed by atoms with van der Waals surface area (Å²) in [4.78, 5) is 0. The number of aryl methyl sites for hydroxylation is 1. The second kappa shape index (κ2) is 5.49. The summed E-state index contributed by atoms with van der Waals surface area (Å²) in [5.74, 6) is 0.769. The van der Waals surface area contributed by atoms with E-state index in [-0.39, 0.29) is 18.0 Å². The molecule has 0 amide bonds. The second-order valence-electron chi connectivity index (χ2n) is 5.72. The van der Waals surface area contributed by atoms with E-state index in [9.17, 15) is 4.39 Å². The summed E-state index contributed by atoms with van der Waals surface area (Å²) in [6, 6.07) is 11.2. The molecule has 0 radical (unpaired) electrons. The van der Waals surface area contributed by atoms with Crippen LogP contribution in [0.5, 0.6) is 5.75 Å². The largest absolute Gasteiger partial charge is 0.490 e. The number of ether oxygens (including phenoxy) is 1. The molecule has 0 fully saturated rings. The molecule has 0 spiro atoms. The van der Waals surface area contributed by atoms with E-state index in [2.05, 4.69) is 24.4 Å². The van der Waals surface area contributed by atoms with Crippen molar-refractivity contribution in [3.05, 3.63) is 64.5 Å². The Bertz CT molecular complexity index is 668. The smallest absolute Gasteiger partial charge is 0.123 e. The van der Waals surface area contributed by atoms with Crippen molar-refractivity contribution >= 4 is 0 Å². The molecule has 21 heavy (non-hydrogen) atoms. The molecule has 3 heteroatoms. The maximum absolute atomic E-state index is 13.6. The minimum absolute atomic E-state index is 0.0121. The van der Waals surface area contributed by atoms with Crippen molar-refractivity contribution in [2.75, 3.05) is 7.05 Å². The van der Waals surface area contributed by atoms with Gasteiger partial charge in [0.2, 0.25) is 0 Å². The van der Waals surface area contributed by atoms with E-state index in [1.54, 1.807) is 6.07 Å². The van der Waals surface area contributed by atoms with Crippen LogP contribution in [0.1, 0.15) is 35.2 Å². The molecule has 0 aliphatic carbocycles. The fraction of sp³-hybridized carbons (Fsp3) is 0.333. The highest BCUT2D eigenvalue weighted by Gasteiger charge is 2.22. The van der Waals surface area contributed by atoms with Crippen LogP contribution in [0.25, 0.3) is 0 Å². The molecule has 2 aromatic rings. The third kappa shape index (κ3) is 2.66. The predicted molar refractivity (Wildman–Crippen MR) is 82.3 cm³/mol. The first-order chi connectivity index (χ1) is 10.1. The number of hydrogen-bond acceptors (Lipinski definition) is 2. The molecular formula is C18H20FNO. The lowest BCUT2D eigenvalue weighted by molar-refractivity contribution is 0.254. The Morgan fingerprint density at radius 2 is 2.05 bits per heavy atom. The molecule has 0 saturated carbocycles. The molecule has 1 heterocycles. The van der Waals surface area contributed by atoms with Crippen LogP contribution in [0, 0.1) is 12.7 Å². The van der Waals surface area contributed by atoms with Gasteiger partial charge in [-0.2, -0.15) is 0 Å². The summed E-state index contributed by atoms with van der Waals surface area (Å²) >= 11 is 0. The summed E-state index contributed by atoms with van der Waals surface area (Å²) in [6.45, 7) is 4.09. The quantitative estimate of drug-likeness (QED) is 0.927. The lowest BCUT2D eigenvalue weighted by atomic mass is 9.93. The topological polar surface area (TPSA) is 21.3 Å². The second-order valence-corrected chi connectivity index (χ2v) is 5.72. The summed E-state index contributed by atoms with van der Waals surface area (Å²) < 4.78 is 19.3. The maximum atomic E-state index is 13.6. The van der Waals surface area contributed by atoms with Gasteiger partial charge in [0, 0.05) is 6.42 Å². The Hall–Kier alpha value is -1.87. The minimum atomic E-state index is -0.200. The van der Waals surface area contributed by atoms with Crippen molar-refractivity contribution in [1.82, 2.24) is 5.32 Å². The van der Waals surface area contributed by atoms with Crippen LogP contribution in [0.15, 0.2) is 36.4 Å². The highest BCUT2D eigenvalue weighted by molar-refractivity contribution is 5.45. The Balaban J connectivity index is 2.01. The number of benzene rings is 2. The van der Waals surface area contributed by atoms with Crippen molar-refractivity contribution in [3.63, 3.8) is 0 Å². The first kappa shape index (κ1) is 14.1. The van der Waals surface area contributed by atoms with Crippen molar-refractivity contribution < 1.29 is 9.13 Å². The number of hydrogen-bond donors (Lipinski definition) is 1. The van der Waals surface area contributed by atoms with Gasteiger partial charge in [0.05, 0.1) is 6.04 Å². The molecule has 1 aliphatic heterocycles. The van der Waals surface area contributed by atoms with Crippen molar-refractivity contribution in [1.29, 1.82) is 0 Å². The van der Waals surface area contributed by atoms with Gasteiger partial charge in [0.15, 0.2) is 0 Å². The third-order valence-electron chi connectivity index (χ3n) is 4.09. The Kier molecular flexibility index (Phi) is 3.68. The van der Waals surface area contributed by atoms with Crippen LogP contribution >= 0.6 is 0 Å². The van der Waals surface area contributed by atoms with E-state index >= 15 is 0 Å². The molecule has 110 valence electrons. The van der Waals surface area contributed by atoms with E-state index < -0.39 is 0 Å².